The molecule has 0 atom stereocenters. The molecule has 0 spiro atoms. The van der Waals surface area contributed by atoms with Gasteiger partial charge in [-0.05, 0) is 29.0 Å². The number of aromatic amines is 1. The maximum atomic E-state index is 9.37. The molecule has 1 heterocycles. The minimum atomic E-state index is 0.350. The molecule has 152 valence electrons. The minimum Gasteiger partial charge on any atom is -0.507 e. The third-order valence-electron chi connectivity index (χ3n) is 3.23. The van der Waals surface area contributed by atoms with Crippen LogP contribution >= 0.6 is 0 Å². The highest BCUT2D eigenvalue weighted by Gasteiger charge is 1.94. The van der Waals surface area contributed by atoms with Crippen LogP contribution in [-0.4, -0.2) is 10.1 Å². The molecule has 3 aromatic carbocycles. The van der Waals surface area contributed by atoms with E-state index in [2.05, 4.69) is 50.9 Å². The topological polar surface area (TPSA) is 36.0 Å². The molecule has 0 unspecified atom stereocenters. The van der Waals surface area contributed by atoms with E-state index < -0.39 is 0 Å². The highest BCUT2D eigenvalue weighted by Crippen LogP contribution is 2.22. The number of hydrogen-bond acceptors (Lipinski definition) is 1. The Bertz CT molecular complexity index is 827. The van der Waals surface area contributed by atoms with Gasteiger partial charge in [-0.3, -0.25) is 0 Å². The van der Waals surface area contributed by atoms with Crippen LogP contribution in [0.3, 0.4) is 0 Å². The highest BCUT2D eigenvalue weighted by atomic mass is 16.3. The smallest absolute Gasteiger partial charge is 0.123 e. The van der Waals surface area contributed by atoms with Crippen LogP contribution in [0, 0.1) is 0 Å². The second-order valence-corrected chi connectivity index (χ2v) is 5.98. The summed E-state index contributed by atoms with van der Waals surface area (Å²) in [5.41, 5.74) is 1.21. The number of hydrogen-bond donors (Lipinski definition) is 2. The van der Waals surface area contributed by atoms with E-state index in [0.29, 0.717) is 5.75 Å². The number of benzene rings is 3. The molecule has 1 aromatic heterocycles. The molecule has 0 saturated carbocycles. The second-order valence-electron chi connectivity index (χ2n) is 5.98. The Morgan fingerprint density at radius 1 is 0.643 bits per heavy atom. The Hall–Kier alpha value is -2.74. The van der Waals surface area contributed by atoms with Crippen LogP contribution in [0.2, 0.25) is 0 Å². The molecule has 2 nitrogen and oxygen atoms in total. The van der Waals surface area contributed by atoms with E-state index in [1.54, 1.807) is 6.07 Å². The molecule has 0 aliphatic carbocycles. The van der Waals surface area contributed by atoms with Crippen molar-refractivity contribution in [3.05, 3.63) is 79.0 Å². The Balaban J connectivity index is 0.000000386. The number of rotatable bonds is 0. The molecule has 0 radical (unpaired) electrons. The average molecular weight is 380 g/mol. The Labute approximate surface area is 171 Å². The average Bonchev–Trinajstić information content (AvgIpc) is 3.21. The van der Waals surface area contributed by atoms with Crippen molar-refractivity contribution in [3.63, 3.8) is 0 Å². The summed E-state index contributed by atoms with van der Waals surface area (Å²) in [5.74, 6) is 0.350. The fourth-order valence-electron chi connectivity index (χ4n) is 2.20. The van der Waals surface area contributed by atoms with Crippen molar-refractivity contribution >= 4 is 21.7 Å². The highest BCUT2D eigenvalue weighted by molar-refractivity contribution is 5.87. The Morgan fingerprint density at radius 3 is 1.71 bits per heavy atom. The predicted molar refractivity (Wildman–Crippen MR) is 127 cm³/mol. The molecule has 0 saturated heterocycles. The first kappa shape index (κ1) is 25.3. The van der Waals surface area contributed by atoms with Crippen LogP contribution < -0.4 is 0 Å². The standard InChI is InChI=1S/C10H8O.C8H7N.2C3H8.C2H6/c11-10-7-3-5-8-4-1-2-6-9(8)10;1-2-4-8-7(3-1)5-6-9-8;2*1-3-2;1-2/h1-7,11H;1-6,9H;2*3H2,1-2H3;1-2H3. The number of phenolic OH excluding ortho intramolecular Hbond substituents is 1. The molecular formula is C26H37NO. The lowest BCUT2D eigenvalue weighted by atomic mass is 10.1. The van der Waals surface area contributed by atoms with Gasteiger partial charge in [0.25, 0.3) is 0 Å². The zero-order chi connectivity index (χ0) is 21.2. The van der Waals surface area contributed by atoms with Gasteiger partial charge in [-0.15, -0.1) is 0 Å². The molecule has 0 fully saturated rings. The van der Waals surface area contributed by atoms with Gasteiger partial charge in [0.1, 0.15) is 5.75 Å². The number of aromatic nitrogens is 1. The maximum Gasteiger partial charge on any atom is 0.123 e. The normalized spacial score (nSPS) is 8.79. The van der Waals surface area contributed by atoms with Gasteiger partial charge in [0, 0.05) is 17.1 Å². The van der Waals surface area contributed by atoms with Gasteiger partial charge in [-0.2, -0.15) is 0 Å². The van der Waals surface area contributed by atoms with Crippen molar-refractivity contribution in [2.75, 3.05) is 0 Å². The monoisotopic (exact) mass is 379 g/mol. The molecule has 4 rings (SSSR count). The van der Waals surface area contributed by atoms with Crippen molar-refractivity contribution in [3.8, 4) is 5.75 Å². The quantitative estimate of drug-likeness (QED) is 0.315. The number of phenols is 1. The van der Waals surface area contributed by atoms with E-state index in [9.17, 15) is 5.11 Å². The lowest BCUT2D eigenvalue weighted by Crippen LogP contribution is -1.70. The number of nitrogens with one attached hydrogen (secondary N) is 1. The molecule has 2 heteroatoms. The molecule has 28 heavy (non-hydrogen) atoms. The van der Waals surface area contributed by atoms with Crippen molar-refractivity contribution in [1.29, 1.82) is 0 Å². The fraction of sp³-hybridized carbons (Fsp3) is 0.308. The second kappa shape index (κ2) is 16.4. The molecule has 0 amide bonds. The van der Waals surface area contributed by atoms with Crippen LogP contribution in [0.4, 0.5) is 0 Å². The van der Waals surface area contributed by atoms with E-state index in [4.69, 9.17) is 0 Å². The van der Waals surface area contributed by atoms with E-state index in [1.807, 2.05) is 68.6 Å². The van der Waals surface area contributed by atoms with Crippen LogP contribution in [0.5, 0.6) is 5.75 Å². The Kier molecular flexibility index (Phi) is 14.8. The molecular weight excluding hydrogens is 342 g/mol. The maximum absolute atomic E-state index is 9.37. The number of para-hydroxylation sites is 1. The largest absolute Gasteiger partial charge is 0.507 e. The van der Waals surface area contributed by atoms with Crippen LogP contribution in [0.15, 0.2) is 79.0 Å². The van der Waals surface area contributed by atoms with Gasteiger partial charge < -0.3 is 10.1 Å². The summed E-state index contributed by atoms with van der Waals surface area (Å²) in [6.45, 7) is 12.5. The van der Waals surface area contributed by atoms with E-state index in [0.717, 1.165) is 10.8 Å². The van der Waals surface area contributed by atoms with Gasteiger partial charge in [0.05, 0.1) is 0 Å². The lowest BCUT2D eigenvalue weighted by molar-refractivity contribution is 0.481. The van der Waals surface area contributed by atoms with Gasteiger partial charge in [0.15, 0.2) is 0 Å². The van der Waals surface area contributed by atoms with Gasteiger partial charge >= 0.3 is 0 Å². The number of aromatic hydroxyl groups is 1. The first-order valence-corrected chi connectivity index (χ1v) is 10.4. The first-order valence-electron chi connectivity index (χ1n) is 10.4. The summed E-state index contributed by atoms with van der Waals surface area (Å²) < 4.78 is 0. The summed E-state index contributed by atoms with van der Waals surface area (Å²) in [7, 11) is 0. The van der Waals surface area contributed by atoms with E-state index in [-0.39, 0.29) is 0 Å². The number of H-pyrrole nitrogens is 1. The molecule has 4 aromatic rings. The Morgan fingerprint density at radius 2 is 1.14 bits per heavy atom. The summed E-state index contributed by atoms with van der Waals surface area (Å²) in [6, 6.07) is 23.6. The van der Waals surface area contributed by atoms with Gasteiger partial charge in [-0.25, -0.2) is 0 Å². The van der Waals surface area contributed by atoms with Crippen LogP contribution in [0.1, 0.15) is 54.4 Å². The van der Waals surface area contributed by atoms with E-state index >= 15 is 0 Å². The fourth-order valence-corrected chi connectivity index (χ4v) is 2.20. The van der Waals surface area contributed by atoms with Crippen molar-refractivity contribution in [2.45, 2.75) is 54.4 Å². The van der Waals surface area contributed by atoms with Gasteiger partial charge in [0.2, 0.25) is 0 Å². The minimum absolute atomic E-state index is 0.350. The third-order valence-corrected chi connectivity index (χ3v) is 3.23. The zero-order valence-corrected chi connectivity index (χ0v) is 18.4. The number of fused-ring (bicyclic) bond motifs is 2. The van der Waals surface area contributed by atoms with Crippen LogP contribution in [0.25, 0.3) is 21.7 Å². The van der Waals surface area contributed by atoms with Crippen molar-refractivity contribution in [2.24, 2.45) is 0 Å². The molecule has 2 N–H and O–H groups in total. The van der Waals surface area contributed by atoms with Crippen LogP contribution in [-0.2, 0) is 0 Å². The summed E-state index contributed by atoms with van der Waals surface area (Å²) in [5, 5.41) is 12.6. The lowest BCUT2D eigenvalue weighted by Gasteiger charge is -1.97. The summed E-state index contributed by atoms with van der Waals surface area (Å²) >= 11 is 0. The zero-order valence-electron chi connectivity index (χ0n) is 18.4. The third kappa shape index (κ3) is 9.27. The molecule has 0 bridgehead atoms. The van der Waals surface area contributed by atoms with Crippen molar-refractivity contribution in [1.82, 2.24) is 4.98 Å². The summed E-state index contributed by atoms with van der Waals surface area (Å²) in [4.78, 5) is 3.12. The predicted octanol–water partition coefficient (Wildman–Crippen LogP) is 8.57. The van der Waals surface area contributed by atoms with Crippen molar-refractivity contribution < 1.29 is 5.11 Å². The first-order chi connectivity index (χ1) is 13.7. The van der Waals surface area contributed by atoms with Gasteiger partial charge in [-0.1, -0.05) is 109 Å². The SMILES string of the molecule is CC.CCC.CCC.Oc1cccc2ccccc12.c1ccc2[nH]ccc2c1. The molecule has 0 aliphatic rings. The molecule has 0 aliphatic heterocycles. The summed E-state index contributed by atoms with van der Waals surface area (Å²) in [6.07, 6.45) is 4.45. The van der Waals surface area contributed by atoms with E-state index in [1.165, 1.54) is 23.7 Å².